The molecule has 0 saturated carbocycles. The van der Waals surface area contributed by atoms with Gasteiger partial charge in [0.15, 0.2) is 0 Å². The van der Waals surface area contributed by atoms with E-state index in [-0.39, 0.29) is 18.1 Å². The van der Waals surface area contributed by atoms with Gasteiger partial charge in [-0.1, -0.05) is 32.0 Å². The second kappa shape index (κ2) is 5.90. The van der Waals surface area contributed by atoms with E-state index < -0.39 is 5.41 Å². The smallest absolute Gasteiger partial charge is 0.227 e. The van der Waals surface area contributed by atoms with E-state index in [1.54, 1.807) is 30.3 Å². The molecule has 0 spiro atoms. The summed E-state index contributed by atoms with van der Waals surface area (Å²) in [7, 11) is 0. The first-order valence-corrected chi connectivity index (χ1v) is 6.53. The van der Waals surface area contributed by atoms with Crippen LogP contribution in [0.1, 0.15) is 25.2 Å². The first-order chi connectivity index (χ1) is 9.49. The monoisotopic (exact) mass is 275 g/mol. The van der Waals surface area contributed by atoms with Crippen LogP contribution in [0, 0.1) is 5.82 Å². The van der Waals surface area contributed by atoms with Gasteiger partial charge in [-0.15, -0.1) is 0 Å². The highest BCUT2D eigenvalue weighted by Gasteiger charge is 2.24. The van der Waals surface area contributed by atoms with Crippen molar-refractivity contribution < 1.29 is 13.6 Å². The van der Waals surface area contributed by atoms with E-state index in [4.69, 9.17) is 4.42 Å². The molecule has 0 radical (unpaired) electrons. The summed E-state index contributed by atoms with van der Waals surface area (Å²) < 4.78 is 18.9. The highest BCUT2D eigenvalue weighted by molar-refractivity contribution is 5.78. The number of benzene rings is 1. The van der Waals surface area contributed by atoms with Crippen molar-refractivity contribution in [3.8, 4) is 0 Å². The fourth-order valence-corrected chi connectivity index (χ4v) is 2.06. The SMILES string of the molecule is CC(C)(CNC(=O)Cc1ccco1)c1ccccc1F. The third-order valence-corrected chi connectivity index (χ3v) is 3.25. The van der Waals surface area contributed by atoms with Gasteiger partial charge in [0, 0.05) is 12.0 Å². The normalized spacial score (nSPS) is 11.3. The third-order valence-electron chi connectivity index (χ3n) is 3.25. The van der Waals surface area contributed by atoms with Crippen LogP contribution in [0.4, 0.5) is 4.39 Å². The van der Waals surface area contributed by atoms with Crippen LogP contribution in [0.5, 0.6) is 0 Å². The minimum atomic E-state index is -0.468. The Morgan fingerprint density at radius 2 is 2.00 bits per heavy atom. The Balaban J connectivity index is 1.95. The maximum Gasteiger partial charge on any atom is 0.227 e. The van der Waals surface area contributed by atoms with Crippen LogP contribution in [-0.2, 0) is 16.6 Å². The molecule has 0 aliphatic rings. The fraction of sp³-hybridized carbons (Fsp3) is 0.312. The number of amides is 1. The van der Waals surface area contributed by atoms with Gasteiger partial charge >= 0.3 is 0 Å². The quantitative estimate of drug-likeness (QED) is 0.911. The zero-order valence-corrected chi connectivity index (χ0v) is 11.7. The summed E-state index contributed by atoms with van der Waals surface area (Å²) in [5.41, 5.74) is 0.128. The van der Waals surface area contributed by atoms with Gasteiger partial charge in [0.2, 0.25) is 5.91 Å². The molecule has 106 valence electrons. The Labute approximate surface area is 117 Å². The fourth-order valence-electron chi connectivity index (χ4n) is 2.06. The van der Waals surface area contributed by atoms with E-state index in [1.165, 1.54) is 12.3 Å². The molecule has 0 unspecified atom stereocenters. The number of hydrogen-bond acceptors (Lipinski definition) is 2. The molecule has 1 N–H and O–H groups in total. The van der Waals surface area contributed by atoms with Gasteiger partial charge in [0.05, 0.1) is 12.7 Å². The second-order valence-electron chi connectivity index (χ2n) is 5.40. The van der Waals surface area contributed by atoms with Crippen LogP contribution in [0.15, 0.2) is 47.1 Å². The van der Waals surface area contributed by atoms with Crippen LogP contribution >= 0.6 is 0 Å². The predicted octanol–water partition coefficient (Wildman–Crippen LogP) is 3.06. The van der Waals surface area contributed by atoms with Crippen LogP contribution in [0.25, 0.3) is 0 Å². The Kier molecular flexibility index (Phi) is 4.23. The molecular weight excluding hydrogens is 257 g/mol. The Morgan fingerprint density at radius 1 is 1.25 bits per heavy atom. The molecule has 0 atom stereocenters. The minimum Gasteiger partial charge on any atom is -0.469 e. The van der Waals surface area contributed by atoms with E-state index >= 15 is 0 Å². The number of hydrogen-bond donors (Lipinski definition) is 1. The van der Waals surface area contributed by atoms with Gasteiger partial charge in [0.25, 0.3) is 0 Å². The summed E-state index contributed by atoms with van der Waals surface area (Å²) in [6, 6.07) is 10.1. The zero-order valence-electron chi connectivity index (χ0n) is 11.7. The van der Waals surface area contributed by atoms with Crippen molar-refractivity contribution in [2.24, 2.45) is 0 Å². The molecule has 0 fully saturated rings. The van der Waals surface area contributed by atoms with Crippen LogP contribution in [-0.4, -0.2) is 12.5 Å². The molecule has 1 amide bonds. The lowest BCUT2D eigenvalue weighted by molar-refractivity contribution is -0.120. The molecule has 2 rings (SSSR count). The van der Waals surface area contributed by atoms with Crippen LogP contribution in [0.2, 0.25) is 0 Å². The van der Waals surface area contributed by atoms with Crippen molar-refractivity contribution in [3.63, 3.8) is 0 Å². The van der Waals surface area contributed by atoms with E-state index in [0.29, 0.717) is 17.9 Å². The molecule has 2 aromatic rings. The van der Waals surface area contributed by atoms with Gasteiger partial charge in [-0.2, -0.15) is 0 Å². The molecule has 0 aliphatic carbocycles. The summed E-state index contributed by atoms with van der Waals surface area (Å²) in [4.78, 5) is 11.8. The van der Waals surface area contributed by atoms with Crippen molar-refractivity contribution in [2.45, 2.75) is 25.7 Å². The van der Waals surface area contributed by atoms with E-state index in [1.807, 2.05) is 13.8 Å². The lowest BCUT2D eigenvalue weighted by atomic mass is 9.84. The van der Waals surface area contributed by atoms with Crippen molar-refractivity contribution in [2.75, 3.05) is 6.54 Å². The van der Waals surface area contributed by atoms with Crippen molar-refractivity contribution in [1.82, 2.24) is 5.32 Å². The summed E-state index contributed by atoms with van der Waals surface area (Å²) in [5.74, 6) is 0.230. The largest absolute Gasteiger partial charge is 0.469 e. The van der Waals surface area contributed by atoms with Crippen LogP contribution < -0.4 is 5.32 Å². The summed E-state index contributed by atoms with van der Waals surface area (Å²) in [5, 5.41) is 2.82. The van der Waals surface area contributed by atoms with E-state index in [0.717, 1.165) is 0 Å². The molecule has 4 heteroatoms. The van der Waals surface area contributed by atoms with Gasteiger partial charge < -0.3 is 9.73 Å². The lowest BCUT2D eigenvalue weighted by Crippen LogP contribution is -2.37. The van der Waals surface area contributed by atoms with E-state index in [9.17, 15) is 9.18 Å². The zero-order chi connectivity index (χ0) is 14.6. The third kappa shape index (κ3) is 3.47. The number of rotatable bonds is 5. The van der Waals surface area contributed by atoms with Crippen LogP contribution in [0.3, 0.4) is 0 Å². The first kappa shape index (κ1) is 14.3. The molecule has 0 saturated heterocycles. The number of nitrogens with one attached hydrogen (secondary N) is 1. The summed E-state index contributed by atoms with van der Waals surface area (Å²) >= 11 is 0. The predicted molar refractivity (Wildman–Crippen MR) is 74.8 cm³/mol. The average Bonchev–Trinajstić information content (AvgIpc) is 2.90. The molecule has 3 nitrogen and oxygen atoms in total. The Hall–Kier alpha value is -2.10. The number of furan rings is 1. The van der Waals surface area contributed by atoms with Gasteiger partial charge in [-0.05, 0) is 23.8 Å². The molecule has 0 aliphatic heterocycles. The van der Waals surface area contributed by atoms with Crippen molar-refractivity contribution in [3.05, 3.63) is 59.8 Å². The van der Waals surface area contributed by atoms with Gasteiger partial charge in [-0.25, -0.2) is 4.39 Å². The van der Waals surface area contributed by atoms with Crippen molar-refractivity contribution in [1.29, 1.82) is 0 Å². The second-order valence-corrected chi connectivity index (χ2v) is 5.40. The average molecular weight is 275 g/mol. The Morgan fingerprint density at radius 3 is 2.65 bits per heavy atom. The summed E-state index contributed by atoms with van der Waals surface area (Å²) in [6.45, 7) is 4.17. The number of carbonyl (C=O) groups excluding carboxylic acids is 1. The van der Waals surface area contributed by atoms with E-state index in [2.05, 4.69) is 5.32 Å². The molecule has 20 heavy (non-hydrogen) atoms. The maximum atomic E-state index is 13.8. The lowest BCUT2D eigenvalue weighted by Gasteiger charge is -2.26. The molecule has 1 aromatic carbocycles. The first-order valence-electron chi connectivity index (χ1n) is 6.53. The standard InChI is InChI=1S/C16H18FNO2/c1-16(2,13-7-3-4-8-14(13)17)11-18-15(19)10-12-6-5-9-20-12/h3-9H,10-11H2,1-2H3,(H,18,19). The maximum absolute atomic E-state index is 13.8. The molecule has 1 aromatic heterocycles. The van der Waals surface area contributed by atoms with Crippen molar-refractivity contribution >= 4 is 5.91 Å². The number of carbonyl (C=O) groups is 1. The highest BCUT2D eigenvalue weighted by Crippen LogP contribution is 2.24. The van der Waals surface area contributed by atoms with Gasteiger partial charge in [0.1, 0.15) is 11.6 Å². The molecule has 0 bridgehead atoms. The minimum absolute atomic E-state index is 0.135. The number of halogens is 1. The Bertz CT molecular complexity index is 576. The molecular formula is C16H18FNO2. The topological polar surface area (TPSA) is 42.2 Å². The summed E-state index contributed by atoms with van der Waals surface area (Å²) in [6.07, 6.45) is 1.73. The van der Waals surface area contributed by atoms with Gasteiger partial charge in [-0.3, -0.25) is 4.79 Å². The highest BCUT2D eigenvalue weighted by atomic mass is 19.1. The molecule has 1 heterocycles.